The van der Waals surface area contributed by atoms with Gasteiger partial charge in [0.05, 0.1) is 33.6 Å². The summed E-state index contributed by atoms with van der Waals surface area (Å²) in [6.45, 7) is -0.462. The van der Waals surface area contributed by atoms with Gasteiger partial charge in [-0.05, 0) is 73.9 Å². The summed E-state index contributed by atoms with van der Waals surface area (Å²) >= 11 is 0. The van der Waals surface area contributed by atoms with Gasteiger partial charge in [0.25, 0.3) is 0 Å². The molecule has 0 bridgehead atoms. The molecule has 0 unspecified atom stereocenters. The second-order valence-corrected chi connectivity index (χ2v) is 14.8. The second-order valence-electron chi connectivity index (χ2n) is 14.8. The van der Waals surface area contributed by atoms with Crippen LogP contribution in [0.25, 0.3) is 32.7 Å². The van der Waals surface area contributed by atoms with Gasteiger partial charge < -0.3 is 51.6 Å². The number of ether oxygens (including phenoxy) is 3. The molecule has 332 valence electrons. The fourth-order valence-electron chi connectivity index (χ4n) is 6.42. The summed E-state index contributed by atoms with van der Waals surface area (Å²) < 4.78 is 16.1. The van der Waals surface area contributed by atoms with Crippen molar-refractivity contribution >= 4 is 85.6 Å². The highest BCUT2D eigenvalue weighted by atomic mass is 16.5. The summed E-state index contributed by atoms with van der Waals surface area (Å²) in [6.07, 6.45) is -0.743. The van der Waals surface area contributed by atoms with Crippen molar-refractivity contribution in [1.29, 1.82) is 0 Å². The average molecular weight is 876 g/mol. The molecule has 3 heterocycles. The lowest BCUT2D eigenvalue weighted by molar-refractivity contribution is -0.147. The molecule has 3 atom stereocenters. The number of carbonyl (C=O) groups is 6. The number of fused-ring (bicyclic) bond motifs is 3. The van der Waals surface area contributed by atoms with E-state index in [1.165, 1.54) is 0 Å². The molecule has 0 aliphatic rings. The van der Waals surface area contributed by atoms with E-state index in [1.54, 1.807) is 18.2 Å². The van der Waals surface area contributed by atoms with Crippen LogP contribution in [0.2, 0.25) is 0 Å². The Hall–Kier alpha value is -7.61. The molecule has 0 spiro atoms. The number of carboxylic acid groups (broad SMARTS) is 3. The number of benzene rings is 3. The molecule has 64 heavy (non-hydrogen) atoms. The van der Waals surface area contributed by atoms with Gasteiger partial charge in [0.2, 0.25) is 0 Å². The third-order valence-corrected chi connectivity index (χ3v) is 10.0. The summed E-state index contributed by atoms with van der Waals surface area (Å²) in [5.74, 6) is -5.48. The number of aliphatic carboxylic acids is 3. The largest absolute Gasteiger partial charge is 0.480 e. The molecule has 0 aliphatic heterocycles. The Labute approximate surface area is 364 Å². The van der Waals surface area contributed by atoms with E-state index < -0.39 is 53.9 Å². The van der Waals surface area contributed by atoms with Crippen LogP contribution >= 0.6 is 0 Å². The standard InChI is InChI=1S/C45H45N7O12/c46-34(43(56)57)13-16-40(53)62-22-28-7-1-25-4-10-31(19-37(25)49-28)52(32-11-5-26-2-8-29(50-38(26)20-32)23-63-41(54)17-14-35(47)44(58)59)33-12-6-27-3-9-30(51-39(27)21-33)24-64-42(55)18-15-36(48)45(60)61/h1-12,19-21,34-36H,13-18,22-24,46-48H2,(H,56,57)(H,58,59)(H,60,61)/t34-,35-,36-/m0/s1. The molecule has 19 nitrogen and oxygen atoms in total. The van der Waals surface area contributed by atoms with Crippen molar-refractivity contribution in [3.63, 3.8) is 0 Å². The number of pyridine rings is 3. The van der Waals surface area contributed by atoms with Crippen molar-refractivity contribution in [2.45, 2.75) is 76.5 Å². The maximum atomic E-state index is 12.4. The van der Waals surface area contributed by atoms with Crippen LogP contribution in [0.15, 0.2) is 91.0 Å². The van der Waals surface area contributed by atoms with Crippen molar-refractivity contribution in [3.05, 3.63) is 108 Å². The molecule has 0 radical (unpaired) electrons. The minimum Gasteiger partial charge on any atom is -0.480 e. The van der Waals surface area contributed by atoms with Gasteiger partial charge in [-0.1, -0.05) is 36.4 Å². The number of carbonyl (C=O) groups excluding carboxylic acids is 3. The number of anilines is 3. The molecule has 0 aliphatic carbocycles. The van der Waals surface area contributed by atoms with Crippen molar-refractivity contribution in [2.24, 2.45) is 17.2 Å². The molecule has 3 aromatic carbocycles. The van der Waals surface area contributed by atoms with Crippen LogP contribution in [-0.4, -0.2) is 84.2 Å². The first-order valence-electron chi connectivity index (χ1n) is 20.0. The number of esters is 3. The molecular weight excluding hydrogens is 831 g/mol. The molecule has 3 aromatic heterocycles. The molecule has 0 saturated carbocycles. The Morgan fingerprint density at radius 2 is 0.719 bits per heavy atom. The normalized spacial score (nSPS) is 12.6. The monoisotopic (exact) mass is 875 g/mol. The number of nitrogens with zero attached hydrogens (tertiary/aromatic N) is 4. The van der Waals surface area contributed by atoms with Crippen LogP contribution in [0, 0.1) is 0 Å². The Morgan fingerprint density at radius 1 is 0.453 bits per heavy atom. The van der Waals surface area contributed by atoms with Gasteiger partial charge in [-0.2, -0.15) is 0 Å². The van der Waals surface area contributed by atoms with Crippen LogP contribution in [0.4, 0.5) is 17.1 Å². The molecule has 0 amide bonds. The van der Waals surface area contributed by atoms with E-state index in [0.29, 0.717) is 50.7 Å². The number of aromatic nitrogens is 3. The zero-order valence-electron chi connectivity index (χ0n) is 34.3. The lowest BCUT2D eigenvalue weighted by Gasteiger charge is -2.26. The maximum absolute atomic E-state index is 12.4. The van der Waals surface area contributed by atoms with E-state index in [-0.39, 0.29) is 58.3 Å². The third-order valence-electron chi connectivity index (χ3n) is 10.0. The van der Waals surface area contributed by atoms with Crippen molar-refractivity contribution < 1.29 is 58.3 Å². The van der Waals surface area contributed by atoms with Gasteiger partial charge in [0, 0.05) is 52.5 Å². The zero-order valence-corrected chi connectivity index (χ0v) is 34.3. The van der Waals surface area contributed by atoms with Gasteiger partial charge in [0.15, 0.2) is 0 Å². The number of hydrogen-bond donors (Lipinski definition) is 6. The van der Waals surface area contributed by atoms with E-state index in [0.717, 1.165) is 16.2 Å². The van der Waals surface area contributed by atoms with Gasteiger partial charge in [-0.15, -0.1) is 0 Å². The highest BCUT2D eigenvalue weighted by Crippen LogP contribution is 2.38. The van der Waals surface area contributed by atoms with Crippen molar-refractivity contribution in [2.75, 3.05) is 4.90 Å². The van der Waals surface area contributed by atoms with Gasteiger partial charge in [-0.25, -0.2) is 15.0 Å². The highest BCUT2D eigenvalue weighted by molar-refractivity contribution is 5.93. The molecular formula is C45H45N7O12. The summed E-state index contributed by atoms with van der Waals surface area (Å²) in [7, 11) is 0. The van der Waals surface area contributed by atoms with Crippen LogP contribution in [0.5, 0.6) is 0 Å². The van der Waals surface area contributed by atoms with Crippen LogP contribution < -0.4 is 22.1 Å². The molecule has 19 heteroatoms. The maximum Gasteiger partial charge on any atom is 0.320 e. The lowest BCUT2D eigenvalue weighted by atomic mass is 10.1. The Balaban J connectivity index is 1.31. The number of hydrogen-bond acceptors (Lipinski definition) is 16. The Morgan fingerprint density at radius 3 is 0.984 bits per heavy atom. The highest BCUT2D eigenvalue weighted by Gasteiger charge is 2.19. The van der Waals surface area contributed by atoms with Crippen LogP contribution in [-0.2, 0) is 62.8 Å². The summed E-state index contributed by atoms with van der Waals surface area (Å²) in [5, 5.41) is 29.4. The molecule has 6 aromatic rings. The topological polar surface area (TPSA) is 311 Å². The predicted octanol–water partition coefficient (Wildman–Crippen LogP) is 4.51. The molecule has 0 fully saturated rings. The quantitative estimate of drug-likeness (QED) is 0.0428. The van der Waals surface area contributed by atoms with Gasteiger partial charge in [0.1, 0.15) is 37.9 Å². The first-order valence-corrected chi connectivity index (χ1v) is 20.0. The second kappa shape index (κ2) is 21.0. The van der Waals surface area contributed by atoms with E-state index >= 15 is 0 Å². The SMILES string of the molecule is N[C@@H](CCC(=O)OCc1ccc2ccc(N(c3ccc4ccc(COC(=O)CC[C@H](N)C(=O)O)nc4c3)c3ccc4ccc(COC(=O)CC[C@H](N)C(=O)O)nc4c3)cc2n1)C(=O)O. The minimum atomic E-state index is -1.21. The predicted molar refractivity (Wildman–Crippen MR) is 231 cm³/mol. The van der Waals surface area contributed by atoms with Crippen molar-refractivity contribution in [3.8, 4) is 0 Å². The fraction of sp³-hybridized carbons (Fsp3) is 0.267. The molecule has 0 saturated heterocycles. The van der Waals surface area contributed by atoms with Crippen LogP contribution in [0.3, 0.4) is 0 Å². The summed E-state index contributed by atoms with van der Waals surface area (Å²) in [4.78, 5) is 86.4. The third kappa shape index (κ3) is 12.3. The zero-order chi connectivity index (χ0) is 45.9. The minimum absolute atomic E-state index is 0.0752. The van der Waals surface area contributed by atoms with Crippen molar-refractivity contribution in [1.82, 2.24) is 15.0 Å². The van der Waals surface area contributed by atoms with E-state index in [4.69, 9.17) is 61.7 Å². The Kier molecular flexibility index (Phi) is 15.0. The first-order chi connectivity index (χ1) is 30.6. The van der Waals surface area contributed by atoms with Gasteiger partial charge in [-0.3, -0.25) is 28.8 Å². The summed E-state index contributed by atoms with van der Waals surface area (Å²) in [5.41, 5.74) is 21.6. The molecule has 9 N–H and O–H groups in total. The lowest BCUT2D eigenvalue weighted by Crippen LogP contribution is -2.30. The number of nitrogens with two attached hydrogens (primary N) is 3. The first kappa shape index (κ1) is 45.9. The van der Waals surface area contributed by atoms with E-state index in [9.17, 15) is 28.8 Å². The smallest absolute Gasteiger partial charge is 0.320 e. The molecule has 6 rings (SSSR count). The number of rotatable bonds is 21. The van der Waals surface area contributed by atoms with Gasteiger partial charge >= 0.3 is 35.8 Å². The number of carboxylic acids is 3. The Bertz CT molecular complexity index is 2440. The summed E-state index contributed by atoms with van der Waals surface area (Å²) in [6, 6.07) is 24.1. The average Bonchev–Trinajstić information content (AvgIpc) is 3.28. The van der Waals surface area contributed by atoms with E-state index in [1.807, 2.05) is 77.7 Å². The van der Waals surface area contributed by atoms with Crippen LogP contribution in [0.1, 0.15) is 55.6 Å². The van der Waals surface area contributed by atoms with E-state index in [2.05, 4.69) is 0 Å². The fourth-order valence-corrected chi connectivity index (χ4v) is 6.42.